The Labute approximate surface area is 188 Å². The smallest absolute Gasteiger partial charge is 0.307 e. The van der Waals surface area contributed by atoms with E-state index in [2.05, 4.69) is 10.3 Å². The Bertz CT molecular complexity index is 919. The van der Waals surface area contributed by atoms with Crippen LogP contribution in [-0.4, -0.2) is 47.3 Å². The molecule has 3 rings (SSSR count). The lowest BCUT2D eigenvalue weighted by atomic mass is 9.96. The molecule has 32 heavy (non-hydrogen) atoms. The lowest BCUT2D eigenvalue weighted by Gasteiger charge is -2.32. The number of nitrogens with one attached hydrogen (secondary N) is 1. The summed E-state index contributed by atoms with van der Waals surface area (Å²) >= 11 is 0. The summed E-state index contributed by atoms with van der Waals surface area (Å²) in [5, 5.41) is 2.80. The van der Waals surface area contributed by atoms with Crippen molar-refractivity contribution in [2.45, 2.75) is 38.7 Å². The Morgan fingerprint density at radius 2 is 1.91 bits per heavy atom. The van der Waals surface area contributed by atoms with Gasteiger partial charge in [-0.15, -0.1) is 0 Å². The molecule has 0 radical (unpaired) electrons. The summed E-state index contributed by atoms with van der Waals surface area (Å²) in [7, 11) is 0. The van der Waals surface area contributed by atoms with Gasteiger partial charge in [-0.25, -0.2) is 4.98 Å². The first-order valence-corrected chi connectivity index (χ1v) is 11.0. The zero-order valence-electron chi connectivity index (χ0n) is 18.2. The number of nitrogens with two attached hydrogens (primary N) is 1. The molecule has 0 spiro atoms. The summed E-state index contributed by atoms with van der Waals surface area (Å²) in [5.41, 5.74) is 7.38. The minimum absolute atomic E-state index is 0.0104. The fraction of sp³-hybridized carbons (Fsp3) is 0.417. The highest BCUT2D eigenvalue weighted by Gasteiger charge is 2.28. The third-order valence-electron chi connectivity index (χ3n) is 5.44. The van der Waals surface area contributed by atoms with Gasteiger partial charge in [0.1, 0.15) is 12.4 Å². The molecule has 0 aliphatic carbocycles. The number of nitrogens with zero attached hydrogens (tertiary/aromatic N) is 2. The molecule has 1 atom stereocenters. The summed E-state index contributed by atoms with van der Waals surface area (Å²) in [6.07, 6.45) is 2.46. The maximum absolute atomic E-state index is 12.6. The second-order valence-corrected chi connectivity index (χ2v) is 7.92. The molecular weight excluding hydrogens is 408 g/mol. The minimum Gasteiger partial charge on any atom is -0.461 e. The van der Waals surface area contributed by atoms with E-state index in [0.717, 1.165) is 24.1 Å². The first-order chi connectivity index (χ1) is 15.5. The van der Waals surface area contributed by atoms with Gasteiger partial charge in [-0.3, -0.25) is 14.4 Å². The Morgan fingerprint density at radius 3 is 2.69 bits per heavy atom. The van der Waals surface area contributed by atoms with E-state index in [0.29, 0.717) is 31.7 Å². The number of benzene rings is 1. The van der Waals surface area contributed by atoms with Gasteiger partial charge in [0, 0.05) is 31.7 Å². The van der Waals surface area contributed by atoms with Crippen molar-refractivity contribution in [3.8, 4) is 0 Å². The van der Waals surface area contributed by atoms with Crippen molar-refractivity contribution in [3.05, 3.63) is 59.8 Å². The van der Waals surface area contributed by atoms with Crippen LogP contribution < -0.4 is 11.1 Å². The van der Waals surface area contributed by atoms with E-state index in [4.69, 9.17) is 10.5 Å². The lowest BCUT2D eigenvalue weighted by molar-refractivity contribution is -0.144. The number of carbonyl (C=O) groups is 3. The normalized spacial score (nSPS) is 15.8. The summed E-state index contributed by atoms with van der Waals surface area (Å²) < 4.78 is 5.22. The highest BCUT2D eigenvalue weighted by molar-refractivity contribution is 5.82. The van der Waals surface area contributed by atoms with E-state index in [1.807, 2.05) is 42.5 Å². The van der Waals surface area contributed by atoms with E-state index in [1.165, 1.54) is 0 Å². The van der Waals surface area contributed by atoms with Crippen molar-refractivity contribution in [2.75, 3.05) is 25.4 Å². The molecule has 3 N–H and O–H groups in total. The monoisotopic (exact) mass is 438 g/mol. The van der Waals surface area contributed by atoms with E-state index in [-0.39, 0.29) is 43.3 Å². The minimum atomic E-state index is -0.357. The predicted molar refractivity (Wildman–Crippen MR) is 120 cm³/mol. The molecule has 1 saturated heterocycles. The standard InChI is InChI=1S/C24H30N4O4/c25-21-10-4-9-20(27-21)11-12-22(29)28-15-5-8-19(16-28)24(31)26-14-13-23(30)32-17-18-6-2-1-3-7-18/h1-4,6-7,9-10,19H,5,8,11-17H2,(H2,25,27)(H,26,31)/t19-/m0/s1. The quantitative estimate of drug-likeness (QED) is 0.580. The SMILES string of the molecule is Nc1cccc(CCC(=O)N2CCC[C@H](C(=O)NCCC(=O)OCc3ccccc3)C2)n1. The zero-order chi connectivity index (χ0) is 22.8. The summed E-state index contributed by atoms with van der Waals surface area (Å²) in [6.45, 7) is 1.49. The topological polar surface area (TPSA) is 115 Å². The number of carbonyl (C=O) groups excluding carboxylic acids is 3. The molecule has 2 amide bonds. The number of aryl methyl sites for hydroxylation is 1. The van der Waals surface area contributed by atoms with Crippen LogP contribution in [0.2, 0.25) is 0 Å². The van der Waals surface area contributed by atoms with Crippen LogP contribution in [0, 0.1) is 5.92 Å². The molecule has 1 aliphatic rings. The van der Waals surface area contributed by atoms with Crippen molar-refractivity contribution in [1.29, 1.82) is 0 Å². The van der Waals surface area contributed by atoms with Crippen LogP contribution >= 0.6 is 0 Å². The molecule has 170 valence electrons. The number of pyridine rings is 1. The van der Waals surface area contributed by atoms with Gasteiger partial charge in [-0.05, 0) is 37.0 Å². The van der Waals surface area contributed by atoms with Gasteiger partial charge in [0.2, 0.25) is 11.8 Å². The number of esters is 1. The third-order valence-corrected chi connectivity index (χ3v) is 5.44. The Kier molecular flexibility index (Phi) is 8.60. The lowest BCUT2D eigenvalue weighted by Crippen LogP contribution is -2.45. The summed E-state index contributed by atoms with van der Waals surface area (Å²) in [6, 6.07) is 14.8. The highest BCUT2D eigenvalue weighted by Crippen LogP contribution is 2.18. The highest BCUT2D eigenvalue weighted by atomic mass is 16.5. The third kappa shape index (κ3) is 7.37. The fourth-order valence-electron chi connectivity index (χ4n) is 3.69. The number of anilines is 1. The number of rotatable bonds is 9. The van der Waals surface area contributed by atoms with Crippen molar-refractivity contribution < 1.29 is 19.1 Å². The van der Waals surface area contributed by atoms with Crippen LogP contribution in [-0.2, 0) is 32.1 Å². The number of hydrogen-bond acceptors (Lipinski definition) is 6. The van der Waals surface area contributed by atoms with Crippen LogP contribution in [0.3, 0.4) is 0 Å². The predicted octanol–water partition coefficient (Wildman–Crippen LogP) is 2.08. The Morgan fingerprint density at radius 1 is 1.09 bits per heavy atom. The van der Waals surface area contributed by atoms with Crippen molar-refractivity contribution in [1.82, 2.24) is 15.2 Å². The van der Waals surface area contributed by atoms with Crippen LogP contribution in [0.5, 0.6) is 0 Å². The number of likely N-dealkylation sites (tertiary alicyclic amines) is 1. The van der Waals surface area contributed by atoms with Crippen molar-refractivity contribution in [3.63, 3.8) is 0 Å². The molecule has 0 saturated carbocycles. The maximum atomic E-state index is 12.6. The molecule has 1 aliphatic heterocycles. The van der Waals surface area contributed by atoms with E-state index < -0.39 is 0 Å². The molecule has 2 aromatic rings. The molecular formula is C24H30N4O4. The number of amides is 2. The molecule has 8 heteroatoms. The maximum Gasteiger partial charge on any atom is 0.307 e. The van der Waals surface area contributed by atoms with Crippen LogP contribution in [0.1, 0.15) is 36.9 Å². The molecule has 1 aromatic carbocycles. The van der Waals surface area contributed by atoms with Gasteiger partial charge < -0.3 is 20.7 Å². The van der Waals surface area contributed by atoms with Crippen LogP contribution in [0.25, 0.3) is 0 Å². The molecule has 0 unspecified atom stereocenters. The zero-order valence-corrected chi connectivity index (χ0v) is 18.2. The second-order valence-electron chi connectivity index (χ2n) is 7.92. The number of hydrogen-bond donors (Lipinski definition) is 2. The van der Waals surface area contributed by atoms with Crippen LogP contribution in [0.15, 0.2) is 48.5 Å². The van der Waals surface area contributed by atoms with Crippen LogP contribution in [0.4, 0.5) is 5.82 Å². The first kappa shape index (κ1) is 23.2. The van der Waals surface area contributed by atoms with E-state index >= 15 is 0 Å². The second kappa shape index (κ2) is 11.8. The number of piperidine rings is 1. The van der Waals surface area contributed by atoms with E-state index in [1.54, 1.807) is 11.0 Å². The number of nitrogen functional groups attached to an aromatic ring is 1. The van der Waals surface area contributed by atoms with Gasteiger partial charge in [0.25, 0.3) is 0 Å². The first-order valence-electron chi connectivity index (χ1n) is 11.0. The fourth-order valence-corrected chi connectivity index (χ4v) is 3.69. The summed E-state index contributed by atoms with van der Waals surface area (Å²) in [5.74, 6) is -0.302. The number of ether oxygens (including phenoxy) is 1. The van der Waals surface area contributed by atoms with E-state index in [9.17, 15) is 14.4 Å². The summed E-state index contributed by atoms with van der Waals surface area (Å²) in [4.78, 5) is 43.0. The molecule has 8 nitrogen and oxygen atoms in total. The van der Waals surface area contributed by atoms with Crippen molar-refractivity contribution >= 4 is 23.6 Å². The van der Waals surface area contributed by atoms with Gasteiger partial charge in [0.15, 0.2) is 0 Å². The average Bonchev–Trinajstić information content (AvgIpc) is 2.82. The average molecular weight is 439 g/mol. The molecule has 1 fully saturated rings. The van der Waals surface area contributed by atoms with Gasteiger partial charge in [-0.2, -0.15) is 0 Å². The Hall–Kier alpha value is -3.42. The van der Waals surface area contributed by atoms with Gasteiger partial charge in [-0.1, -0.05) is 36.4 Å². The molecule has 1 aromatic heterocycles. The Balaban J connectivity index is 1.36. The van der Waals surface area contributed by atoms with Gasteiger partial charge >= 0.3 is 5.97 Å². The molecule has 2 heterocycles. The van der Waals surface area contributed by atoms with Gasteiger partial charge in [0.05, 0.1) is 12.3 Å². The largest absolute Gasteiger partial charge is 0.461 e. The number of aromatic nitrogens is 1. The molecule has 0 bridgehead atoms. The van der Waals surface area contributed by atoms with Crippen molar-refractivity contribution in [2.24, 2.45) is 5.92 Å².